The van der Waals surface area contributed by atoms with Crippen LogP contribution in [0.25, 0.3) is 0 Å². The van der Waals surface area contributed by atoms with Gasteiger partial charge in [-0.15, -0.1) is 0 Å². The molecule has 0 aliphatic rings. The van der Waals surface area contributed by atoms with Gasteiger partial charge in [-0.2, -0.15) is 0 Å². The molecule has 1 N–H and O–H groups in total. The van der Waals surface area contributed by atoms with Crippen molar-refractivity contribution in [2.24, 2.45) is 0 Å². The lowest BCUT2D eigenvalue weighted by atomic mass is 10.0. The molecule has 0 aliphatic carbocycles. The quantitative estimate of drug-likeness (QED) is 0.713. The van der Waals surface area contributed by atoms with Gasteiger partial charge in [0.2, 0.25) is 0 Å². The highest BCUT2D eigenvalue weighted by molar-refractivity contribution is 9.10. The first-order chi connectivity index (χ1) is 9.63. The van der Waals surface area contributed by atoms with E-state index in [4.69, 9.17) is 4.42 Å². The molecule has 1 atom stereocenters. The molecular formula is C15H16Br2FNO. The van der Waals surface area contributed by atoms with Gasteiger partial charge in [0.25, 0.3) is 0 Å². The molecule has 5 heteroatoms. The van der Waals surface area contributed by atoms with Crippen molar-refractivity contribution in [3.8, 4) is 0 Å². The number of rotatable bonds is 6. The topological polar surface area (TPSA) is 25.2 Å². The largest absolute Gasteiger partial charge is 0.457 e. The van der Waals surface area contributed by atoms with Crippen molar-refractivity contribution in [2.75, 3.05) is 6.54 Å². The molecule has 0 amide bonds. The molecular weight excluding hydrogens is 389 g/mol. The standard InChI is InChI=1S/C15H16Br2FNO/c1-2-7-19-13(11-6-8-20-15(11)17)9-10-4-3-5-12(18)14(10)16/h3-6,8,13,19H,2,7,9H2,1H3. The van der Waals surface area contributed by atoms with Gasteiger partial charge in [0.1, 0.15) is 5.82 Å². The van der Waals surface area contributed by atoms with Crippen LogP contribution in [0.2, 0.25) is 0 Å². The van der Waals surface area contributed by atoms with E-state index in [0.717, 1.165) is 28.8 Å². The first kappa shape index (κ1) is 15.7. The van der Waals surface area contributed by atoms with Crippen molar-refractivity contribution in [1.29, 1.82) is 0 Å². The van der Waals surface area contributed by atoms with E-state index in [1.807, 2.05) is 12.1 Å². The summed E-state index contributed by atoms with van der Waals surface area (Å²) in [4.78, 5) is 0. The minimum atomic E-state index is -0.233. The van der Waals surface area contributed by atoms with Gasteiger partial charge in [0.15, 0.2) is 4.67 Å². The van der Waals surface area contributed by atoms with Gasteiger partial charge < -0.3 is 9.73 Å². The summed E-state index contributed by atoms with van der Waals surface area (Å²) < 4.78 is 20.2. The van der Waals surface area contributed by atoms with Crippen LogP contribution in [0.1, 0.15) is 30.5 Å². The van der Waals surface area contributed by atoms with E-state index in [-0.39, 0.29) is 11.9 Å². The zero-order valence-corrected chi connectivity index (χ0v) is 14.3. The number of hydrogen-bond donors (Lipinski definition) is 1. The van der Waals surface area contributed by atoms with Crippen LogP contribution in [-0.4, -0.2) is 6.54 Å². The first-order valence-corrected chi connectivity index (χ1v) is 8.11. The molecule has 1 unspecified atom stereocenters. The predicted octanol–water partition coefficient (Wildman–Crippen LogP) is 5.23. The maximum Gasteiger partial charge on any atom is 0.173 e. The van der Waals surface area contributed by atoms with Crippen LogP contribution in [0.3, 0.4) is 0 Å². The summed E-state index contributed by atoms with van der Waals surface area (Å²) >= 11 is 6.73. The van der Waals surface area contributed by atoms with E-state index in [1.54, 1.807) is 12.3 Å². The second-order valence-electron chi connectivity index (χ2n) is 4.57. The molecule has 0 fully saturated rings. The molecule has 2 rings (SSSR count). The smallest absolute Gasteiger partial charge is 0.173 e. The molecule has 20 heavy (non-hydrogen) atoms. The van der Waals surface area contributed by atoms with E-state index in [9.17, 15) is 4.39 Å². The maximum absolute atomic E-state index is 13.6. The Labute approximate surface area is 135 Å². The Balaban J connectivity index is 2.24. The highest BCUT2D eigenvalue weighted by atomic mass is 79.9. The minimum Gasteiger partial charge on any atom is -0.457 e. The highest BCUT2D eigenvalue weighted by Crippen LogP contribution is 2.30. The molecule has 1 aromatic heterocycles. The molecule has 0 saturated heterocycles. The van der Waals surface area contributed by atoms with Crippen molar-refractivity contribution < 1.29 is 8.81 Å². The fraction of sp³-hybridized carbons (Fsp3) is 0.333. The van der Waals surface area contributed by atoms with Crippen molar-refractivity contribution in [2.45, 2.75) is 25.8 Å². The average Bonchev–Trinajstić information content (AvgIpc) is 2.85. The summed E-state index contributed by atoms with van der Waals surface area (Å²) in [5, 5.41) is 3.47. The number of hydrogen-bond acceptors (Lipinski definition) is 2. The van der Waals surface area contributed by atoms with E-state index in [0.29, 0.717) is 10.9 Å². The average molecular weight is 405 g/mol. The zero-order chi connectivity index (χ0) is 14.5. The molecule has 2 aromatic rings. The fourth-order valence-corrected chi connectivity index (χ4v) is 3.03. The van der Waals surface area contributed by atoms with Gasteiger partial charge in [0, 0.05) is 11.6 Å². The third-order valence-electron chi connectivity index (χ3n) is 3.12. The maximum atomic E-state index is 13.6. The van der Waals surface area contributed by atoms with Crippen LogP contribution in [0, 0.1) is 5.82 Å². The minimum absolute atomic E-state index is 0.0844. The lowest BCUT2D eigenvalue weighted by molar-refractivity contribution is 0.496. The summed E-state index contributed by atoms with van der Waals surface area (Å²) in [6.07, 6.45) is 3.38. The van der Waals surface area contributed by atoms with Crippen LogP contribution in [-0.2, 0) is 6.42 Å². The van der Waals surface area contributed by atoms with Crippen LogP contribution in [0.5, 0.6) is 0 Å². The van der Waals surface area contributed by atoms with Gasteiger partial charge >= 0.3 is 0 Å². The summed E-state index contributed by atoms with van der Waals surface area (Å²) in [6.45, 7) is 3.02. The van der Waals surface area contributed by atoms with Crippen LogP contribution in [0.4, 0.5) is 4.39 Å². The second-order valence-corrected chi connectivity index (χ2v) is 6.09. The molecule has 0 saturated carbocycles. The van der Waals surface area contributed by atoms with Crippen molar-refractivity contribution in [1.82, 2.24) is 5.32 Å². The normalized spacial score (nSPS) is 12.6. The summed E-state index contributed by atoms with van der Waals surface area (Å²) in [7, 11) is 0. The van der Waals surface area contributed by atoms with Gasteiger partial charge in [-0.3, -0.25) is 0 Å². The van der Waals surface area contributed by atoms with Gasteiger partial charge in [-0.1, -0.05) is 19.1 Å². The van der Waals surface area contributed by atoms with Crippen molar-refractivity contribution in [3.63, 3.8) is 0 Å². The third kappa shape index (κ3) is 3.71. The van der Waals surface area contributed by atoms with E-state index in [2.05, 4.69) is 44.1 Å². The van der Waals surface area contributed by atoms with E-state index < -0.39 is 0 Å². The van der Waals surface area contributed by atoms with Crippen molar-refractivity contribution in [3.05, 3.63) is 56.6 Å². The van der Waals surface area contributed by atoms with Gasteiger partial charge in [0.05, 0.1) is 10.7 Å². The molecule has 108 valence electrons. The van der Waals surface area contributed by atoms with Gasteiger partial charge in [-0.25, -0.2) is 4.39 Å². The summed E-state index contributed by atoms with van der Waals surface area (Å²) in [5.41, 5.74) is 1.99. The number of benzene rings is 1. The molecule has 1 aromatic carbocycles. The molecule has 2 nitrogen and oxygen atoms in total. The number of furan rings is 1. The predicted molar refractivity (Wildman–Crippen MR) is 85.2 cm³/mol. The Morgan fingerprint density at radius 3 is 2.75 bits per heavy atom. The van der Waals surface area contributed by atoms with E-state index >= 15 is 0 Å². The summed E-state index contributed by atoms with van der Waals surface area (Å²) in [5.74, 6) is -0.233. The Bertz CT molecular complexity index is 571. The van der Waals surface area contributed by atoms with Crippen LogP contribution < -0.4 is 5.32 Å². The SMILES string of the molecule is CCCNC(Cc1cccc(F)c1Br)c1ccoc1Br. The third-order valence-corrected chi connectivity index (χ3v) is 4.65. The Kier molecular flexibility index (Phi) is 5.81. The highest BCUT2D eigenvalue weighted by Gasteiger charge is 2.18. The molecule has 1 heterocycles. The monoisotopic (exact) mass is 403 g/mol. The lowest BCUT2D eigenvalue weighted by Crippen LogP contribution is -2.24. The van der Waals surface area contributed by atoms with Crippen LogP contribution in [0.15, 0.2) is 44.1 Å². The zero-order valence-electron chi connectivity index (χ0n) is 11.1. The fourth-order valence-electron chi connectivity index (χ4n) is 2.09. The number of nitrogens with one attached hydrogen (secondary N) is 1. The Hall–Kier alpha value is -0.650. The summed E-state index contributed by atoms with van der Waals surface area (Å²) in [6, 6.07) is 7.14. The Morgan fingerprint density at radius 2 is 2.10 bits per heavy atom. The molecule has 0 radical (unpaired) electrons. The van der Waals surface area contributed by atoms with Crippen molar-refractivity contribution >= 4 is 31.9 Å². The molecule has 0 spiro atoms. The molecule has 0 bridgehead atoms. The molecule has 0 aliphatic heterocycles. The van der Waals surface area contributed by atoms with E-state index in [1.165, 1.54) is 6.07 Å². The second kappa shape index (κ2) is 7.38. The first-order valence-electron chi connectivity index (χ1n) is 6.52. The Morgan fingerprint density at radius 1 is 1.30 bits per heavy atom. The lowest BCUT2D eigenvalue weighted by Gasteiger charge is -2.18. The van der Waals surface area contributed by atoms with Gasteiger partial charge in [-0.05, 0) is 68.9 Å². The number of halogens is 3. The van der Waals surface area contributed by atoms with Crippen LogP contribution >= 0.6 is 31.9 Å².